The maximum Gasteiger partial charge on any atom is 0.260 e. The zero-order chi connectivity index (χ0) is 16.8. The van der Waals surface area contributed by atoms with E-state index < -0.39 is 0 Å². The zero-order valence-electron chi connectivity index (χ0n) is 13.5. The number of aryl methyl sites for hydroxylation is 2. The van der Waals surface area contributed by atoms with E-state index in [1.54, 1.807) is 17.5 Å². The summed E-state index contributed by atoms with van der Waals surface area (Å²) >= 11 is 1.66. The molecule has 1 aliphatic carbocycles. The fraction of sp³-hybridized carbons (Fsp3) is 0.211. The summed E-state index contributed by atoms with van der Waals surface area (Å²) in [4.78, 5) is 22.4. The number of hydrogen-bond acceptors (Lipinski definition) is 4. The minimum absolute atomic E-state index is 0.0322. The molecule has 0 fully saturated rings. The molecule has 0 saturated carbocycles. The lowest BCUT2D eigenvalue weighted by molar-refractivity contribution is 0.687. The van der Waals surface area contributed by atoms with Crippen LogP contribution in [0.15, 0.2) is 47.5 Å². The van der Waals surface area contributed by atoms with Gasteiger partial charge in [0.2, 0.25) is 0 Å². The Morgan fingerprint density at radius 1 is 1.20 bits per heavy atom. The minimum Gasteiger partial charge on any atom is -0.306 e. The molecule has 1 aromatic carbocycles. The maximum atomic E-state index is 12.6. The topological polar surface area (TPSA) is 63.6 Å². The highest BCUT2D eigenvalue weighted by Crippen LogP contribution is 2.35. The van der Waals surface area contributed by atoms with E-state index in [2.05, 4.69) is 22.2 Å². The predicted molar refractivity (Wildman–Crippen MR) is 99.0 cm³/mol. The number of aromatic amines is 1. The van der Waals surface area contributed by atoms with Crippen molar-refractivity contribution >= 4 is 21.6 Å². The second-order valence-corrected chi connectivity index (χ2v) is 7.45. The molecule has 124 valence electrons. The Morgan fingerprint density at radius 3 is 2.96 bits per heavy atom. The van der Waals surface area contributed by atoms with Gasteiger partial charge in [0.25, 0.3) is 5.56 Å². The van der Waals surface area contributed by atoms with Crippen molar-refractivity contribution in [3.8, 4) is 11.4 Å². The van der Waals surface area contributed by atoms with Crippen LogP contribution in [0.3, 0.4) is 0 Å². The molecule has 0 saturated heterocycles. The molecule has 1 N–H and O–H groups in total. The summed E-state index contributed by atoms with van der Waals surface area (Å²) in [7, 11) is 0. The Morgan fingerprint density at radius 2 is 2.08 bits per heavy atom. The molecule has 0 unspecified atom stereocenters. The molecule has 5 nitrogen and oxygen atoms in total. The van der Waals surface area contributed by atoms with Gasteiger partial charge < -0.3 is 4.98 Å². The van der Waals surface area contributed by atoms with Crippen LogP contribution < -0.4 is 5.56 Å². The van der Waals surface area contributed by atoms with E-state index in [0.29, 0.717) is 12.4 Å². The number of H-pyrrole nitrogens is 1. The third kappa shape index (κ3) is 2.49. The summed E-state index contributed by atoms with van der Waals surface area (Å²) in [6.45, 7) is 0.695. The SMILES string of the molecule is O=c1[nH]c(-c2cnn(Cc3ccccc3)c2)nc2sc3c(c12)CCC3. The first-order valence-electron chi connectivity index (χ1n) is 8.39. The van der Waals surface area contributed by atoms with Crippen molar-refractivity contribution in [1.82, 2.24) is 19.7 Å². The average Bonchev–Trinajstić information content (AvgIpc) is 3.31. The van der Waals surface area contributed by atoms with E-state index in [1.807, 2.05) is 29.1 Å². The van der Waals surface area contributed by atoms with Crippen LogP contribution in [-0.4, -0.2) is 19.7 Å². The lowest BCUT2D eigenvalue weighted by Crippen LogP contribution is -2.09. The Kier molecular flexibility index (Phi) is 3.31. The van der Waals surface area contributed by atoms with Crippen LogP contribution in [0.2, 0.25) is 0 Å². The van der Waals surface area contributed by atoms with Gasteiger partial charge in [0, 0.05) is 11.1 Å². The van der Waals surface area contributed by atoms with Gasteiger partial charge in [0.05, 0.1) is 23.7 Å². The standard InChI is InChI=1S/C19H16N4OS/c24-18-16-14-7-4-8-15(14)25-19(16)22-17(21-18)13-9-20-23(11-13)10-12-5-2-1-3-6-12/h1-3,5-6,9,11H,4,7-8,10H2,(H,21,22,24). The summed E-state index contributed by atoms with van der Waals surface area (Å²) in [5, 5.41) is 5.20. The van der Waals surface area contributed by atoms with Gasteiger partial charge >= 0.3 is 0 Å². The highest BCUT2D eigenvalue weighted by atomic mass is 32.1. The summed E-state index contributed by atoms with van der Waals surface area (Å²) in [6, 6.07) is 10.2. The van der Waals surface area contributed by atoms with Crippen LogP contribution in [0.1, 0.15) is 22.4 Å². The molecule has 1 aliphatic rings. The molecule has 25 heavy (non-hydrogen) atoms. The molecule has 0 bridgehead atoms. The molecule has 3 heterocycles. The number of hydrogen-bond donors (Lipinski definition) is 1. The zero-order valence-corrected chi connectivity index (χ0v) is 14.3. The van der Waals surface area contributed by atoms with Gasteiger partial charge in [-0.2, -0.15) is 5.10 Å². The first-order valence-corrected chi connectivity index (χ1v) is 9.21. The van der Waals surface area contributed by atoms with E-state index in [0.717, 1.165) is 35.0 Å². The third-order valence-corrected chi connectivity index (χ3v) is 5.85. The number of nitrogens with zero attached hydrogens (tertiary/aromatic N) is 3. The van der Waals surface area contributed by atoms with E-state index >= 15 is 0 Å². The second-order valence-electron chi connectivity index (χ2n) is 6.36. The average molecular weight is 348 g/mol. The Balaban J connectivity index is 1.52. The van der Waals surface area contributed by atoms with Gasteiger partial charge in [0.15, 0.2) is 0 Å². The molecule has 0 aliphatic heterocycles. The maximum absolute atomic E-state index is 12.6. The van der Waals surface area contributed by atoms with Crippen molar-refractivity contribution in [3.63, 3.8) is 0 Å². The van der Waals surface area contributed by atoms with Crippen LogP contribution in [-0.2, 0) is 19.4 Å². The molecule has 0 radical (unpaired) electrons. The van der Waals surface area contributed by atoms with Gasteiger partial charge in [-0.1, -0.05) is 30.3 Å². The monoisotopic (exact) mass is 348 g/mol. The molecule has 0 spiro atoms. The van der Waals surface area contributed by atoms with Crippen LogP contribution in [0.4, 0.5) is 0 Å². The first kappa shape index (κ1) is 14.6. The predicted octanol–water partition coefficient (Wildman–Crippen LogP) is 3.39. The highest BCUT2D eigenvalue weighted by Gasteiger charge is 2.21. The van der Waals surface area contributed by atoms with E-state index in [4.69, 9.17) is 4.98 Å². The highest BCUT2D eigenvalue weighted by molar-refractivity contribution is 7.18. The van der Waals surface area contributed by atoms with E-state index in [-0.39, 0.29) is 5.56 Å². The summed E-state index contributed by atoms with van der Waals surface area (Å²) in [5.74, 6) is 0.594. The quantitative estimate of drug-likeness (QED) is 0.617. The lowest BCUT2D eigenvalue weighted by atomic mass is 10.2. The number of nitrogens with one attached hydrogen (secondary N) is 1. The van der Waals surface area contributed by atoms with Crippen molar-refractivity contribution < 1.29 is 0 Å². The van der Waals surface area contributed by atoms with E-state index in [9.17, 15) is 4.79 Å². The molecule has 3 aromatic heterocycles. The summed E-state index contributed by atoms with van der Waals surface area (Å²) < 4.78 is 1.86. The van der Waals surface area contributed by atoms with Gasteiger partial charge in [-0.05, 0) is 30.4 Å². The van der Waals surface area contributed by atoms with Crippen molar-refractivity contribution in [2.45, 2.75) is 25.8 Å². The van der Waals surface area contributed by atoms with Gasteiger partial charge in [-0.3, -0.25) is 9.48 Å². The molecular weight excluding hydrogens is 332 g/mol. The van der Waals surface area contributed by atoms with Crippen molar-refractivity contribution in [1.29, 1.82) is 0 Å². The van der Waals surface area contributed by atoms with Gasteiger partial charge in [0.1, 0.15) is 10.7 Å². The van der Waals surface area contributed by atoms with Gasteiger partial charge in [-0.15, -0.1) is 11.3 Å². The Bertz CT molecular complexity index is 1120. The molecule has 5 rings (SSSR count). The van der Waals surface area contributed by atoms with E-state index in [1.165, 1.54) is 16.0 Å². The largest absolute Gasteiger partial charge is 0.306 e. The van der Waals surface area contributed by atoms with Crippen molar-refractivity contribution in [2.75, 3.05) is 0 Å². The molecule has 4 aromatic rings. The van der Waals surface area contributed by atoms with Crippen molar-refractivity contribution in [2.24, 2.45) is 0 Å². The first-order chi connectivity index (χ1) is 12.3. The number of aromatic nitrogens is 4. The smallest absolute Gasteiger partial charge is 0.260 e. The third-order valence-electron chi connectivity index (χ3n) is 4.67. The Labute approximate surface area is 148 Å². The van der Waals surface area contributed by atoms with Crippen LogP contribution >= 0.6 is 11.3 Å². The molecule has 0 atom stereocenters. The van der Waals surface area contributed by atoms with Crippen LogP contribution in [0.5, 0.6) is 0 Å². The van der Waals surface area contributed by atoms with Gasteiger partial charge in [-0.25, -0.2) is 4.98 Å². The normalized spacial score (nSPS) is 13.4. The fourth-order valence-corrected chi connectivity index (χ4v) is 4.74. The minimum atomic E-state index is -0.0322. The number of thiophene rings is 1. The molecular formula is C19H16N4OS. The molecule has 6 heteroatoms. The number of fused-ring (bicyclic) bond motifs is 3. The van der Waals surface area contributed by atoms with Crippen LogP contribution in [0, 0.1) is 0 Å². The second kappa shape index (κ2) is 5.67. The lowest BCUT2D eigenvalue weighted by Gasteiger charge is -2.01. The number of benzene rings is 1. The summed E-state index contributed by atoms with van der Waals surface area (Å²) in [6.07, 6.45) is 6.89. The van der Waals surface area contributed by atoms with Crippen molar-refractivity contribution in [3.05, 3.63) is 69.1 Å². The number of rotatable bonds is 3. The molecule has 0 amide bonds. The fourth-order valence-electron chi connectivity index (χ4n) is 3.48. The van der Waals surface area contributed by atoms with Crippen LogP contribution in [0.25, 0.3) is 21.6 Å². The summed E-state index contributed by atoms with van der Waals surface area (Å²) in [5.41, 5.74) is 3.20. The Hall–Kier alpha value is -2.73.